The number of nitrogens with one attached hydrogen (secondary N) is 1. The SMILES string of the molecule is CCN(CC)S(=O)(=O)c1ccc(N[C@@H]2c3ccccc3C(=O)N2Cc2ccco2)cc1. The topological polar surface area (TPSA) is 82.9 Å². The third-order valence-corrected chi connectivity index (χ3v) is 7.53. The molecule has 0 unspecified atom stereocenters. The summed E-state index contributed by atoms with van der Waals surface area (Å²) in [5.74, 6) is 0.610. The largest absolute Gasteiger partial charge is 0.467 e. The Morgan fingerprint density at radius 1 is 1.00 bits per heavy atom. The summed E-state index contributed by atoms with van der Waals surface area (Å²) in [6.07, 6.45) is 1.19. The van der Waals surface area contributed by atoms with E-state index in [2.05, 4.69) is 5.32 Å². The number of sulfonamides is 1. The van der Waals surface area contributed by atoms with Crippen LogP contribution >= 0.6 is 0 Å². The third kappa shape index (κ3) is 3.96. The first-order valence-electron chi connectivity index (χ1n) is 10.2. The van der Waals surface area contributed by atoms with Crippen molar-refractivity contribution in [1.29, 1.82) is 0 Å². The Bertz CT molecular complexity index is 1150. The fourth-order valence-electron chi connectivity index (χ4n) is 3.85. The van der Waals surface area contributed by atoms with Crippen LogP contribution < -0.4 is 5.32 Å². The molecule has 162 valence electrons. The molecule has 1 amide bonds. The summed E-state index contributed by atoms with van der Waals surface area (Å²) < 4.78 is 32.3. The van der Waals surface area contributed by atoms with Crippen molar-refractivity contribution >= 4 is 21.6 Å². The molecule has 7 nitrogen and oxygen atoms in total. The van der Waals surface area contributed by atoms with Gasteiger partial charge in [0.2, 0.25) is 10.0 Å². The van der Waals surface area contributed by atoms with Gasteiger partial charge in [-0.3, -0.25) is 4.79 Å². The maximum absolute atomic E-state index is 13.0. The van der Waals surface area contributed by atoms with Crippen LogP contribution in [0.2, 0.25) is 0 Å². The highest BCUT2D eigenvalue weighted by Crippen LogP contribution is 2.35. The van der Waals surface area contributed by atoms with Crippen LogP contribution in [0, 0.1) is 0 Å². The number of hydrogen-bond acceptors (Lipinski definition) is 5. The highest BCUT2D eigenvalue weighted by atomic mass is 32.2. The second-order valence-corrected chi connectivity index (χ2v) is 9.20. The summed E-state index contributed by atoms with van der Waals surface area (Å²) >= 11 is 0. The predicted molar refractivity (Wildman–Crippen MR) is 118 cm³/mol. The summed E-state index contributed by atoms with van der Waals surface area (Å²) in [5.41, 5.74) is 2.24. The molecule has 1 aliphatic rings. The van der Waals surface area contributed by atoms with E-state index in [9.17, 15) is 13.2 Å². The van der Waals surface area contributed by atoms with Crippen LogP contribution in [0.3, 0.4) is 0 Å². The Balaban J connectivity index is 1.61. The smallest absolute Gasteiger partial charge is 0.256 e. The Hall–Kier alpha value is -3.10. The Morgan fingerprint density at radius 3 is 2.35 bits per heavy atom. The molecule has 1 aliphatic heterocycles. The van der Waals surface area contributed by atoms with E-state index in [0.717, 1.165) is 11.3 Å². The second kappa shape index (κ2) is 8.56. The molecule has 1 atom stereocenters. The summed E-state index contributed by atoms with van der Waals surface area (Å²) in [6.45, 7) is 4.80. The van der Waals surface area contributed by atoms with E-state index in [0.29, 0.717) is 31.0 Å². The van der Waals surface area contributed by atoms with Crippen LogP contribution in [-0.4, -0.2) is 36.6 Å². The zero-order valence-electron chi connectivity index (χ0n) is 17.5. The number of carbonyl (C=O) groups excluding carboxylic acids is 1. The van der Waals surface area contributed by atoms with Crippen LogP contribution in [0.4, 0.5) is 5.69 Å². The van der Waals surface area contributed by atoms with Gasteiger partial charge in [0.15, 0.2) is 0 Å². The molecule has 0 spiro atoms. The fourth-order valence-corrected chi connectivity index (χ4v) is 5.31. The van der Waals surface area contributed by atoms with Crippen molar-refractivity contribution in [3.63, 3.8) is 0 Å². The standard InChI is InChI=1S/C23H25N3O4S/c1-3-25(4-2)31(28,29)19-13-11-17(12-14-19)24-22-20-9-5-6-10-21(20)23(27)26(22)16-18-8-7-15-30-18/h5-15,22,24H,3-4,16H2,1-2H3/t22-/m0/s1. The van der Waals surface area contributed by atoms with Gasteiger partial charge in [-0.15, -0.1) is 0 Å². The summed E-state index contributed by atoms with van der Waals surface area (Å²) in [6, 6.07) is 17.7. The molecule has 1 aromatic heterocycles. The van der Waals surface area contributed by atoms with E-state index in [1.807, 2.05) is 44.2 Å². The van der Waals surface area contributed by atoms with E-state index in [1.165, 1.54) is 4.31 Å². The molecule has 0 bridgehead atoms. The molecule has 0 aliphatic carbocycles. The normalized spacial score (nSPS) is 16.0. The van der Waals surface area contributed by atoms with Crippen molar-refractivity contribution < 1.29 is 17.6 Å². The van der Waals surface area contributed by atoms with Gasteiger partial charge in [0.1, 0.15) is 11.9 Å². The van der Waals surface area contributed by atoms with E-state index >= 15 is 0 Å². The maximum atomic E-state index is 13.0. The number of benzene rings is 2. The molecule has 0 saturated carbocycles. The summed E-state index contributed by atoms with van der Waals surface area (Å²) in [4.78, 5) is 15.0. The van der Waals surface area contributed by atoms with Gasteiger partial charge < -0.3 is 14.6 Å². The van der Waals surface area contributed by atoms with Crippen molar-refractivity contribution in [3.05, 3.63) is 83.8 Å². The Morgan fingerprint density at radius 2 is 1.71 bits per heavy atom. The Kier molecular flexibility index (Phi) is 5.84. The number of nitrogens with zero attached hydrogens (tertiary/aromatic N) is 2. The quantitative estimate of drug-likeness (QED) is 0.572. The first kappa shape index (κ1) is 21.1. The van der Waals surface area contributed by atoms with Gasteiger partial charge in [-0.1, -0.05) is 32.0 Å². The van der Waals surface area contributed by atoms with Gasteiger partial charge >= 0.3 is 0 Å². The molecule has 2 aromatic carbocycles. The summed E-state index contributed by atoms with van der Waals surface area (Å²) in [7, 11) is -3.52. The lowest BCUT2D eigenvalue weighted by atomic mass is 10.1. The number of rotatable bonds is 8. The van der Waals surface area contributed by atoms with E-state index in [-0.39, 0.29) is 17.0 Å². The van der Waals surface area contributed by atoms with Crippen molar-refractivity contribution in [2.24, 2.45) is 0 Å². The Labute approximate surface area is 182 Å². The molecule has 31 heavy (non-hydrogen) atoms. The van der Waals surface area contributed by atoms with Gasteiger partial charge in [0.25, 0.3) is 5.91 Å². The fraction of sp³-hybridized carbons (Fsp3) is 0.261. The van der Waals surface area contributed by atoms with Crippen LogP contribution in [0.1, 0.15) is 41.7 Å². The number of carbonyl (C=O) groups is 1. The van der Waals surface area contributed by atoms with Gasteiger partial charge in [-0.25, -0.2) is 8.42 Å². The lowest BCUT2D eigenvalue weighted by Gasteiger charge is -2.26. The minimum atomic E-state index is -3.52. The van der Waals surface area contributed by atoms with Crippen LogP contribution in [0.5, 0.6) is 0 Å². The van der Waals surface area contributed by atoms with Gasteiger partial charge in [-0.05, 0) is 42.5 Å². The maximum Gasteiger partial charge on any atom is 0.256 e. The molecular formula is C23H25N3O4S. The van der Waals surface area contributed by atoms with Crippen molar-refractivity contribution in [3.8, 4) is 0 Å². The molecule has 4 rings (SSSR count). The average Bonchev–Trinajstić information content (AvgIpc) is 3.38. The molecule has 1 N–H and O–H groups in total. The van der Waals surface area contributed by atoms with Crippen molar-refractivity contribution in [1.82, 2.24) is 9.21 Å². The highest BCUT2D eigenvalue weighted by Gasteiger charge is 2.37. The van der Waals surface area contributed by atoms with E-state index in [1.54, 1.807) is 41.5 Å². The molecule has 3 aromatic rings. The number of furan rings is 1. The zero-order valence-corrected chi connectivity index (χ0v) is 18.3. The number of anilines is 1. The monoisotopic (exact) mass is 439 g/mol. The van der Waals surface area contributed by atoms with Crippen molar-refractivity contribution in [2.75, 3.05) is 18.4 Å². The molecular weight excluding hydrogens is 414 g/mol. The number of fused-ring (bicyclic) bond motifs is 1. The van der Waals surface area contributed by atoms with E-state index < -0.39 is 10.0 Å². The highest BCUT2D eigenvalue weighted by molar-refractivity contribution is 7.89. The van der Waals surface area contributed by atoms with Gasteiger partial charge in [-0.2, -0.15) is 4.31 Å². The zero-order chi connectivity index (χ0) is 22.0. The van der Waals surface area contributed by atoms with Crippen LogP contribution in [0.25, 0.3) is 0 Å². The van der Waals surface area contributed by atoms with Gasteiger partial charge in [0, 0.05) is 29.9 Å². The molecule has 2 heterocycles. The third-order valence-electron chi connectivity index (χ3n) is 5.47. The first-order valence-corrected chi connectivity index (χ1v) is 11.7. The lowest BCUT2D eigenvalue weighted by Crippen LogP contribution is -2.32. The molecule has 0 radical (unpaired) electrons. The van der Waals surface area contributed by atoms with Crippen LogP contribution in [0.15, 0.2) is 76.2 Å². The first-order chi connectivity index (χ1) is 15.0. The molecule has 0 saturated heterocycles. The minimum absolute atomic E-state index is 0.0785. The number of amides is 1. The molecule has 8 heteroatoms. The predicted octanol–water partition coefficient (Wildman–Crippen LogP) is 4.08. The van der Waals surface area contributed by atoms with Gasteiger partial charge in [0.05, 0.1) is 17.7 Å². The number of hydrogen-bond donors (Lipinski definition) is 1. The van der Waals surface area contributed by atoms with Crippen molar-refractivity contribution in [2.45, 2.75) is 31.5 Å². The van der Waals surface area contributed by atoms with E-state index in [4.69, 9.17) is 4.42 Å². The summed E-state index contributed by atoms with van der Waals surface area (Å²) in [5, 5.41) is 3.38. The van der Waals surface area contributed by atoms with Crippen LogP contribution in [-0.2, 0) is 16.6 Å². The lowest BCUT2D eigenvalue weighted by molar-refractivity contribution is 0.0715. The molecule has 0 fully saturated rings. The average molecular weight is 440 g/mol. The minimum Gasteiger partial charge on any atom is -0.467 e. The second-order valence-electron chi connectivity index (χ2n) is 7.26.